The Morgan fingerprint density at radius 3 is 2.67 bits per heavy atom. The van der Waals surface area contributed by atoms with Crippen LogP contribution in [-0.2, 0) is 16.0 Å². The summed E-state index contributed by atoms with van der Waals surface area (Å²) in [5.41, 5.74) is 0.0710. The molecule has 4 rings (SSSR count). The molecule has 150 valence electrons. The smallest absolute Gasteiger partial charge is 0.167 e. The number of likely N-dealkylation sites (tertiary alicyclic amines) is 1. The molecule has 1 heterocycles. The third kappa shape index (κ3) is 3.71. The molecule has 1 aromatic carbocycles. The highest BCUT2D eigenvalue weighted by Crippen LogP contribution is 2.44. The first-order valence-electron chi connectivity index (χ1n) is 9.98. The standard InChI is InChI=1S/C21H29F2NO3/c1-25-18-6-5-17(22)20(23)16(18)12-24-10-9-21(26-2)8-7-15(11-19(21)24)27-13-14-3-4-14/h5-6,14-15,19H,3-4,7-13H2,1-2H3/t15-,19-,21+/m0/s1. The zero-order chi connectivity index (χ0) is 19.0. The van der Waals surface area contributed by atoms with Gasteiger partial charge in [0.25, 0.3) is 0 Å². The van der Waals surface area contributed by atoms with Gasteiger partial charge in [-0.3, -0.25) is 4.90 Å². The number of hydrogen-bond donors (Lipinski definition) is 0. The lowest BCUT2D eigenvalue weighted by Gasteiger charge is -2.43. The molecule has 27 heavy (non-hydrogen) atoms. The molecule has 1 saturated heterocycles. The number of fused-ring (bicyclic) bond motifs is 1. The van der Waals surface area contributed by atoms with Gasteiger partial charge in [-0.2, -0.15) is 0 Å². The fourth-order valence-corrected chi connectivity index (χ4v) is 4.77. The molecule has 6 heteroatoms. The summed E-state index contributed by atoms with van der Waals surface area (Å²) in [7, 11) is 3.26. The maximum absolute atomic E-state index is 14.5. The Hall–Kier alpha value is -1.24. The summed E-state index contributed by atoms with van der Waals surface area (Å²) in [6.45, 7) is 1.97. The summed E-state index contributed by atoms with van der Waals surface area (Å²) in [4.78, 5) is 2.22. The fourth-order valence-electron chi connectivity index (χ4n) is 4.77. The van der Waals surface area contributed by atoms with Gasteiger partial charge in [0.15, 0.2) is 11.6 Å². The van der Waals surface area contributed by atoms with Crippen LogP contribution in [0.25, 0.3) is 0 Å². The van der Waals surface area contributed by atoms with Gasteiger partial charge in [-0.05, 0) is 56.6 Å². The predicted octanol–water partition coefficient (Wildman–Crippen LogP) is 3.91. The monoisotopic (exact) mass is 381 g/mol. The minimum absolute atomic E-state index is 0.146. The molecule has 1 aromatic rings. The van der Waals surface area contributed by atoms with E-state index in [1.165, 1.54) is 26.0 Å². The van der Waals surface area contributed by atoms with E-state index in [-0.39, 0.29) is 23.3 Å². The highest BCUT2D eigenvalue weighted by atomic mass is 19.2. The van der Waals surface area contributed by atoms with Crippen molar-refractivity contribution in [2.24, 2.45) is 5.92 Å². The maximum atomic E-state index is 14.5. The summed E-state index contributed by atoms with van der Waals surface area (Å²) < 4.78 is 45.7. The average molecular weight is 381 g/mol. The van der Waals surface area contributed by atoms with Crippen LogP contribution in [0.3, 0.4) is 0 Å². The number of halogens is 2. The van der Waals surface area contributed by atoms with Crippen LogP contribution in [0.4, 0.5) is 8.78 Å². The van der Waals surface area contributed by atoms with Gasteiger partial charge in [0, 0.05) is 38.4 Å². The van der Waals surface area contributed by atoms with E-state index in [1.807, 2.05) is 0 Å². The van der Waals surface area contributed by atoms with E-state index in [2.05, 4.69) is 4.90 Å². The van der Waals surface area contributed by atoms with Crippen LogP contribution in [0, 0.1) is 17.6 Å². The van der Waals surface area contributed by atoms with Gasteiger partial charge in [-0.25, -0.2) is 8.78 Å². The molecule has 0 aromatic heterocycles. The predicted molar refractivity (Wildman–Crippen MR) is 97.8 cm³/mol. The molecule has 3 fully saturated rings. The van der Waals surface area contributed by atoms with E-state index >= 15 is 0 Å². The highest BCUT2D eigenvalue weighted by molar-refractivity contribution is 5.35. The SMILES string of the molecule is COc1ccc(F)c(F)c1CN1CC[C@]2(OC)CC[C@H](OCC3CC3)C[C@H]12. The molecular weight excluding hydrogens is 352 g/mol. The second-order valence-corrected chi connectivity index (χ2v) is 8.22. The number of ether oxygens (including phenoxy) is 3. The first-order chi connectivity index (χ1) is 13.1. The zero-order valence-electron chi connectivity index (χ0n) is 16.2. The van der Waals surface area contributed by atoms with Gasteiger partial charge in [-0.15, -0.1) is 0 Å². The van der Waals surface area contributed by atoms with E-state index < -0.39 is 11.6 Å². The van der Waals surface area contributed by atoms with Crippen LogP contribution in [0.1, 0.15) is 44.1 Å². The van der Waals surface area contributed by atoms with Crippen molar-refractivity contribution in [2.45, 2.75) is 62.8 Å². The molecule has 0 spiro atoms. The van der Waals surface area contributed by atoms with E-state index in [9.17, 15) is 8.78 Å². The van der Waals surface area contributed by atoms with Gasteiger partial charge in [0.2, 0.25) is 0 Å². The van der Waals surface area contributed by atoms with E-state index in [0.717, 1.165) is 50.8 Å². The Balaban J connectivity index is 1.52. The number of benzene rings is 1. The lowest BCUT2D eigenvalue weighted by molar-refractivity contribution is -0.103. The van der Waals surface area contributed by atoms with Crippen molar-refractivity contribution in [1.82, 2.24) is 4.90 Å². The molecule has 0 bridgehead atoms. The normalized spacial score (nSPS) is 31.1. The van der Waals surface area contributed by atoms with Gasteiger partial charge < -0.3 is 14.2 Å². The third-order valence-corrected chi connectivity index (χ3v) is 6.65. The summed E-state index contributed by atoms with van der Waals surface area (Å²) >= 11 is 0. The molecule has 2 aliphatic carbocycles. The first kappa shape index (κ1) is 19.1. The van der Waals surface area contributed by atoms with Gasteiger partial charge >= 0.3 is 0 Å². The molecule has 0 unspecified atom stereocenters. The Kier molecular flexibility index (Phi) is 5.41. The van der Waals surface area contributed by atoms with Crippen molar-refractivity contribution in [3.05, 3.63) is 29.3 Å². The lowest BCUT2D eigenvalue weighted by Crippen LogP contribution is -2.51. The summed E-state index contributed by atoms with van der Waals surface area (Å²) in [5.74, 6) is -0.524. The van der Waals surface area contributed by atoms with Crippen LogP contribution in [-0.4, -0.2) is 50.0 Å². The summed E-state index contributed by atoms with van der Waals surface area (Å²) in [5, 5.41) is 0. The molecular formula is C21H29F2NO3. The Bertz CT molecular complexity index is 682. The van der Waals surface area contributed by atoms with Crippen molar-refractivity contribution in [3.8, 4) is 5.75 Å². The third-order valence-electron chi connectivity index (χ3n) is 6.65. The minimum atomic E-state index is -0.836. The second kappa shape index (κ2) is 7.64. The molecule has 0 radical (unpaired) electrons. The summed E-state index contributed by atoms with van der Waals surface area (Å²) in [6.07, 6.45) is 6.51. The van der Waals surface area contributed by atoms with Crippen molar-refractivity contribution in [1.29, 1.82) is 0 Å². The number of nitrogens with zero attached hydrogens (tertiary/aromatic N) is 1. The van der Waals surface area contributed by atoms with Crippen LogP contribution >= 0.6 is 0 Å². The van der Waals surface area contributed by atoms with Crippen molar-refractivity contribution in [2.75, 3.05) is 27.4 Å². The molecule has 4 nitrogen and oxygen atoms in total. The van der Waals surface area contributed by atoms with Gasteiger partial charge in [0.05, 0.1) is 18.8 Å². The van der Waals surface area contributed by atoms with Crippen LogP contribution in [0.5, 0.6) is 5.75 Å². The maximum Gasteiger partial charge on any atom is 0.167 e. The average Bonchev–Trinajstić information content (AvgIpc) is 3.45. The molecule has 0 amide bonds. The molecule has 3 aliphatic rings. The molecule has 1 aliphatic heterocycles. The largest absolute Gasteiger partial charge is 0.496 e. The fraction of sp³-hybridized carbons (Fsp3) is 0.714. The van der Waals surface area contributed by atoms with Crippen LogP contribution in [0.15, 0.2) is 12.1 Å². The number of methoxy groups -OCH3 is 2. The van der Waals surface area contributed by atoms with E-state index in [4.69, 9.17) is 14.2 Å². The van der Waals surface area contributed by atoms with Crippen molar-refractivity contribution >= 4 is 0 Å². The van der Waals surface area contributed by atoms with Crippen molar-refractivity contribution < 1.29 is 23.0 Å². The first-order valence-corrected chi connectivity index (χ1v) is 9.98. The Morgan fingerprint density at radius 1 is 1.15 bits per heavy atom. The van der Waals surface area contributed by atoms with Gasteiger partial charge in [-0.1, -0.05) is 0 Å². The topological polar surface area (TPSA) is 30.9 Å². The Morgan fingerprint density at radius 2 is 1.96 bits per heavy atom. The van der Waals surface area contributed by atoms with Crippen LogP contribution in [0.2, 0.25) is 0 Å². The van der Waals surface area contributed by atoms with Gasteiger partial charge in [0.1, 0.15) is 5.75 Å². The lowest BCUT2D eigenvalue weighted by atomic mass is 9.79. The molecule has 0 N–H and O–H groups in total. The summed E-state index contributed by atoms with van der Waals surface area (Å²) in [6, 6.07) is 2.76. The molecule has 2 saturated carbocycles. The highest BCUT2D eigenvalue weighted by Gasteiger charge is 2.51. The van der Waals surface area contributed by atoms with Crippen LogP contribution < -0.4 is 4.74 Å². The van der Waals surface area contributed by atoms with Crippen molar-refractivity contribution in [3.63, 3.8) is 0 Å². The number of rotatable bonds is 7. The van der Waals surface area contributed by atoms with E-state index in [0.29, 0.717) is 12.3 Å². The second-order valence-electron chi connectivity index (χ2n) is 8.22. The quantitative estimate of drug-likeness (QED) is 0.717. The zero-order valence-corrected chi connectivity index (χ0v) is 16.2. The van der Waals surface area contributed by atoms with E-state index in [1.54, 1.807) is 7.11 Å². The Labute approximate surface area is 159 Å². The molecule has 3 atom stereocenters. The minimum Gasteiger partial charge on any atom is -0.496 e. The number of hydrogen-bond acceptors (Lipinski definition) is 4.